The average Bonchev–Trinajstić information content (AvgIpc) is 3.10. The van der Waals surface area contributed by atoms with Gasteiger partial charge in [-0.3, -0.25) is 4.68 Å². The third kappa shape index (κ3) is 3.89. The Kier molecular flexibility index (Phi) is 4.96. The molecule has 0 saturated carbocycles. The van der Waals surface area contributed by atoms with Gasteiger partial charge in [0.05, 0.1) is 17.4 Å². The van der Waals surface area contributed by atoms with Crippen LogP contribution in [0.1, 0.15) is 24.8 Å². The van der Waals surface area contributed by atoms with E-state index in [1.165, 1.54) is 24.9 Å². The normalized spacial score (nSPS) is 14.3. The highest BCUT2D eigenvalue weighted by molar-refractivity contribution is 6.00. The molecule has 1 fully saturated rings. The molecule has 2 amide bonds. The van der Waals surface area contributed by atoms with Crippen LogP contribution in [-0.2, 0) is 13.6 Å². The number of piperidine rings is 1. The second-order valence-corrected chi connectivity index (χ2v) is 7.03. The summed E-state index contributed by atoms with van der Waals surface area (Å²) in [6.45, 7) is 2.77. The van der Waals surface area contributed by atoms with Crippen molar-refractivity contribution in [3.05, 3.63) is 54.2 Å². The van der Waals surface area contributed by atoms with Crippen molar-refractivity contribution in [2.24, 2.45) is 7.05 Å². The second kappa shape index (κ2) is 7.70. The lowest BCUT2D eigenvalue weighted by atomic mass is 10.1. The molecule has 2 N–H and O–H groups in total. The molecule has 2 heterocycles. The summed E-state index contributed by atoms with van der Waals surface area (Å²) in [5, 5.41) is 11.0. The molecular weight excluding hydrogens is 338 g/mol. The molecule has 6 heteroatoms. The van der Waals surface area contributed by atoms with Crippen molar-refractivity contribution < 1.29 is 4.79 Å². The van der Waals surface area contributed by atoms with Crippen LogP contribution in [0.4, 0.5) is 16.2 Å². The van der Waals surface area contributed by atoms with Crippen molar-refractivity contribution in [1.82, 2.24) is 15.1 Å². The fourth-order valence-corrected chi connectivity index (χ4v) is 3.61. The van der Waals surface area contributed by atoms with Gasteiger partial charge in [0, 0.05) is 37.8 Å². The highest BCUT2D eigenvalue weighted by Crippen LogP contribution is 2.22. The SMILES string of the molecule is Cn1ncc2c(NC(=O)NCc3ccc(N4CCCCC4)cc3)cccc21. The van der Waals surface area contributed by atoms with E-state index in [0.29, 0.717) is 6.54 Å². The monoisotopic (exact) mass is 363 g/mol. The molecule has 3 aromatic rings. The predicted molar refractivity (Wildman–Crippen MR) is 109 cm³/mol. The van der Waals surface area contributed by atoms with Crippen LogP contribution < -0.4 is 15.5 Å². The van der Waals surface area contributed by atoms with Crippen LogP contribution in [0, 0.1) is 0 Å². The summed E-state index contributed by atoms with van der Waals surface area (Å²) >= 11 is 0. The standard InChI is InChI=1S/C21H25N5O/c1-25-20-7-5-6-19(18(20)15-23-25)24-21(27)22-14-16-8-10-17(11-9-16)26-12-3-2-4-13-26/h5-11,15H,2-4,12-14H2,1H3,(H2,22,24,27). The number of fused-ring (bicyclic) bond motifs is 1. The summed E-state index contributed by atoms with van der Waals surface area (Å²) < 4.78 is 1.79. The maximum Gasteiger partial charge on any atom is 0.319 e. The molecule has 140 valence electrons. The van der Waals surface area contributed by atoms with E-state index in [1.807, 2.05) is 25.2 Å². The Hall–Kier alpha value is -3.02. The van der Waals surface area contributed by atoms with Crippen LogP contribution in [0.5, 0.6) is 0 Å². The quantitative estimate of drug-likeness (QED) is 0.739. The molecule has 0 radical (unpaired) electrons. The molecule has 0 spiro atoms. The van der Waals surface area contributed by atoms with Crippen molar-refractivity contribution in [2.45, 2.75) is 25.8 Å². The topological polar surface area (TPSA) is 62.2 Å². The Balaban J connectivity index is 1.34. The van der Waals surface area contributed by atoms with Crippen LogP contribution >= 0.6 is 0 Å². The maximum atomic E-state index is 12.3. The molecule has 0 aliphatic carbocycles. The van der Waals surface area contributed by atoms with E-state index in [9.17, 15) is 4.79 Å². The predicted octanol–water partition coefficient (Wildman–Crippen LogP) is 3.89. The molecule has 1 aliphatic rings. The van der Waals surface area contributed by atoms with Gasteiger partial charge in [-0.1, -0.05) is 18.2 Å². The van der Waals surface area contributed by atoms with Gasteiger partial charge in [-0.2, -0.15) is 5.10 Å². The molecule has 1 saturated heterocycles. The first kappa shape index (κ1) is 17.4. The van der Waals surface area contributed by atoms with Gasteiger partial charge >= 0.3 is 6.03 Å². The molecule has 0 bridgehead atoms. The number of benzene rings is 2. The zero-order valence-corrected chi connectivity index (χ0v) is 15.6. The van der Waals surface area contributed by atoms with Crippen molar-refractivity contribution in [1.29, 1.82) is 0 Å². The van der Waals surface area contributed by atoms with E-state index in [2.05, 4.69) is 44.9 Å². The first-order valence-electron chi connectivity index (χ1n) is 9.50. The molecule has 1 aromatic heterocycles. The van der Waals surface area contributed by atoms with Gasteiger partial charge in [0.2, 0.25) is 0 Å². The summed E-state index contributed by atoms with van der Waals surface area (Å²) in [5.74, 6) is 0. The zero-order valence-electron chi connectivity index (χ0n) is 15.6. The lowest BCUT2D eigenvalue weighted by molar-refractivity contribution is 0.252. The number of aromatic nitrogens is 2. The van der Waals surface area contributed by atoms with Gasteiger partial charge < -0.3 is 15.5 Å². The van der Waals surface area contributed by atoms with Crippen molar-refractivity contribution >= 4 is 28.3 Å². The molecule has 0 unspecified atom stereocenters. The minimum absolute atomic E-state index is 0.216. The number of nitrogens with one attached hydrogen (secondary N) is 2. The third-order valence-electron chi connectivity index (χ3n) is 5.15. The average molecular weight is 363 g/mol. The number of aryl methyl sites for hydroxylation is 1. The van der Waals surface area contributed by atoms with Crippen LogP contribution in [0.25, 0.3) is 10.9 Å². The first-order chi connectivity index (χ1) is 13.2. The number of hydrogen-bond donors (Lipinski definition) is 2. The van der Waals surface area contributed by atoms with Gasteiger partial charge in [0.1, 0.15) is 0 Å². The van der Waals surface area contributed by atoms with E-state index >= 15 is 0 Å². The Morgan fingerprint density at radius 2 is 1.85 bits per heavy atom. The molecule has 27 heavy (non-hydrogen) atoms. The second-order valence-electron chi connectivity index (χ2n) is 7.03. The van der Waals surface area contributed by atoms with Crippen LogP contribution in [0.3, 0.4) is 0 Å². The van der Waals surface area contributed by atoms with Gasteiger partial charge in [-0.15, -0.1) is 0 Å². The van der Waals surface area contributed by atoms with Gasteiger partial charge in [0.15, 0.2) is 0 Å². The summed E-state index contributed by atoms with van der Waals surface area (Å²) in [6, 6.07) is 14.0. The number of rotatable bonds is 4. The summed E-state index contributed by atoms with van der Waals surface area (Å²) in [7, 11) is 1.89. The minimum atomic E-state index is -0.216. The van der Waals surface area contributed by atoms with Crippen molar-refractivity contribution in [3.63, 3.8) is 0 Å². The van der Waals surface area contributed by atoms with E-state index in [4.69, 9.17) is 0 Å². The number of carbonyl (C=O) groups is 1. The number of urea groups is 1. The zero-order chi connectivity index (χ0) is 18.6. The molecular formula is C21H25N5O. The number of anilines is 2. The fourth-order valence-electron chi connectivity index (χ4n) is 3.61. The number of nitrogens with zero attached hydrogens (tertiary/aromatic N) is 3. The fraction of sp³-hybridized carbons (Fsp3) is 0.333. The lowest BCUT2D eigenvalue weighted by Crippen LogP contribution is -2.29. The lowest BCUT2D eigenvalue weighted by Gasteiger charge is -2.28. The largest absolute Gasteiger partial charge is 0.372 e. The van der Waals surface area contributed by atoms with Crippen molar-refractivity contribution in [3.8, 4) is 0 Å². The third-order valence-corrected chi connectivity index (χ3v) is 5.15. The highest BCUT2D eigenvalue weighted by atomic mass is 16.2. The summed E-state index contributed by atoms with van der Waals surface area (Å²) in [4.78, 5) is 14.7. The van der Waals surface area contributed by atoms with Gasteiger partial charge in [-0.05, 0) is 49.1 Å². The maximum absolute atomic E-state index is 12.3. The first-order valence-corrected chi connectivity index (χ1v) is 9.50. The van der Waals surface area contributed by atoms with E-state index in [-0.39, 0.29) is 6.03 Å². The Morgan fingerprint density at radius 3 is 2.63 bits per heavy atom. The summed E-state index contributed by atoms with van der Waals surface area (Å²) in [6.07, 6.45) is 5.64. The number of hydrogen-bond acceptors (Lipinski definition) is 3. The van der Waals surface area contributed by atoms with Crippen LogP contribution in [0.2, 0.25) is 0 Å². The molecule has 4 rings (SSSR count). The van der Waals surface area contributed by atoms with Crippen LogP contribution in [-0.4, -0.2) is 28.9 Å². The van der Waals surface area contributed by atoms with E-state index in [1.54, 1.807) is 10.9 Å². The number of carbonyl (C=O) groups excluding carboxylic acids is 1. The smallest absolute Gasteiger partial charge is 0.319 e. The van der Waals surface area contributed by atoms with Gasteiger partial charge in [-0.25, -0.2) is 4.79 Å². The minimum Gasteiger partial charge on any atom is -0.372 e. The molecule has 0 atom stereocenters. The molecule has 2 aromatic carbocycles. The Bertz CT molecular complexity index is 925. The highest BCUT2D eigenvalue weighted by Gasteiger charge is 2.11. The number of amides is 2. The van der Waals surface area contributed by atoms with E-state index < -0.39 is 0 Å². The Labute approximate surface area is 159 Å². The van der Waals surface area contributed by atoms with Crippen LogP contribution in [0.15, 0.2) is 48.7 Å². The van der Waals surface area contributed by atoms with Crippen molar-refractivity contribution in [2.75, 3.05) is 23.3 Å². The molecule has 6 nitrogen and oxygen atoms in total. The van der Waals surface area contributed by atoms with Gasteiger partial charge in [0.25, 0.3) is 0 Å². The summed E-state index contributed by atoms with van der Waals surface area (Å²) in [5.41, 5.74) is 4.11. The van der Waals surface area contributed by atoms with E-state index in [0.717, 1.165) is 35.2 Å². The Morgan fingerprint density at radius 1 is 1.07 bits per heavy atom. The molecule has 1 aliphatic heterocycles.